The molecule has 0 spiro atoms. The molecule has 230 valence electrons. The molecule has 0 bridgehead atoms. The van der Waals surface area contributed by atoms with Crippen molar-refractivity contribution in [2.45, 2.75) is 0 Å². The number of nitriles is 4. The van der Waals surface area contributed by atoms with Crippen molar-refractivity contribution in [3.8, 4) is 91.0 Å². The highest BCUT2D eigenvalue weighted by molar-refractivity contribution is 6.15. The van der Waals surface area contributed by atoms with Gasteiger partial charge in [-0.1, -0.05) is 115 Å². The minimum atomic E-state index is 0.512. The van der Waals surface area contributed by atoms with E-state index in [0.717, 1.165) is 66.8 Å². The van der Waals surface area contributed by atoms with Crippen molar-refractivity contribution in [3.63, 3.8) is 0 Å². The Labute approximate surface area is 291 Å². The van der Waals surface area contributed by atoms with Gasteiger partial charge in [0.05, 0.1) is 46.5 Å². The van der Waals surface area contributed by atoms with Crippen LogP contribution in [0.15, 0.2) is 158 Å². The summed E-state index contributed by atoms with van der Waals surface area (Å²) < 4.78 is 0. The second kappa shape index (κ2) is 13.7. The molecule has 7 aromatic rings. The van der Waals surface area contributed by atoms with Gasteiger partial charge >= 0.3 is 0 Å². The topological polar surface area (TPSA) is 95.2 Å². The van der Waals surface area contributed by atoms with Crippen molar-refractivity contribution in [1.82, 2.24) is 0 Å². The third kappa shape index (κ3) is 5.68. The van der Waals surface area contributed by atoms with Crippen LogP contribution in [-0.4, -0.2) is 0 Å². The number of nitrogens with zero attached hydrogens (tertiary/aromatic N) is 4. The Balaban J connectivity index is 1.84. The van der Waals surface area contributed by atoms with Gasteiger partial charge < -0.3 is 0 Å². The van der Waals surface area contributed by atoms with Gasteiger partial charge in [-0.05, 0) is 104 Å². The van der Waals surface area contributed by atoms with Crippen LogP contribution >= 0.6 is 0 Å². The molecule has 0 amide bonds. The lowest BCUT2D eigenvalue weighted by Crippen LogP contribution is -2.03. The summed E-state index contributed by atoms with van der Waals surface area (Å²) in [5.74, 6) is 0. The molecule has 0 aromatic heterocycles. The smallest absolute Gasteiger partial charge is 0.0998 e. The Morgan fingerprint density at radius 3 is 1.16 bits per heavy atom. The molecule has 7 rings (SSSR count). The first-order valence-electron chi connectivity index (χ1n) is 16.0. The van der Waals surface area contributed by atoms with Gasteiger partial charge in [0.15, 0.2) is 0 Å². The summed E-state index contributed by atoms with van der Waals surface area (Å²) in [7, 11) is 0. The zero-order chi connectivity index (χ0) is 34.5. The zero-order valence-corrected chi connectivity index (χ0v) is 26.8. The van der Waals surface area contributed by atoms with E-state index in [0.29, 0.717) is 22.3 Å². The standard InChI is InChI=1S/C46H26N4/c47-27-31-18-22-36(23-19-31)42-41(34-11-3-1-4-12-34)45(38-16-9-10-33(26-38)29-49)46(40-17-8-7-15-39(40)30-50)44(35-13-5-2-6-14-35)43(42)37-24-20-32(28-48)21-25-37/h1-26H. The number of hydrogen-bond donors (Lipinski definition) is 0. The van der Waals surface area contributed by atoms with Gasteiger partial charge in [0.2, 0.25) is 0 Å². The second-order valence-corrected chi connectivity index (χ2v) is 11.7. The Morgan fingerprint density at radius 1 is 0.280 bits per heavy atom. The van der Waals surface area contributed by atoms with Crippen LogP contribution < -0.4 is 0 Å². The normalized spacial score (nSPS) is 10.3. The molecule has 4 heteroatoms. The first-order chi connectivity index (χ1) is 24.6. The largest absolute Gasteiger partial charge is 0.192 e. The Bertz CT molecular complexity index is 2540. The SMILES string of the molecule is N#Cc1ccc(-c2c(-c3ccc(C#N)cc3)c(-c3ccccc3)c(-c3ccccc3C#N)c(-c3cccc(C#N)c3)c2-c2ccccc2)cc1. The number of rotatable bonds is 6. The molecule has 0 aliphatic heterocycles. The molecule has 0 saturated carbocycles. The molecular formula is C46H26N4. The fourth-order valence-electron chi connectivity index (χ4n) is 6.64. The van der Waals surface area contributed by atoms with E-state index in [1.165, 1.54) is 0 Å². The Kier molecular flexibility index (Phi) is 8.52. The van der Waals surface area contributed by atoms with E-state index in [1.54, 1.807) is 6.07 Å². The molecule has 50 heavy (non-hydrogen) atoms. The maximum atomic E-state index is 10.5. The van der Waals surface area contributed by atoms with Crippen LogP contribution in [0, 0.1) is 45.3 Å². The molecule has 0 atom stereocenters. The van der Waals surface area contributed by atoms with Crippen LogP contribution in [0.4, 0.5) is 0 Å². The molecule has 0 radical (unpaired) electrons. The van der Waals surface area contributed by atoms with Gasteiger partial charge in [-0.25, -0.2) is 0 Å². The van der Waals surface area contributed by atoms with E-state index in [-0.39, 0.29) is 0 Å². The van der Waals surface area contributed by atoms with E-state index in [1.807, 2.05) is 127 Å². The fraction of sp³-hybridized carbons (Fsp3) is 0. The predicted molar refractivity (Wildman–Crippen MR) is 198 cm³/mol. The van der Waals surface area contributed by atoms with Crippen LogP contribution in [-0.2, 0) is 0 Å². The quantitative estimate of drug-likeness (QED) is 0.182. The number of hydrogen-bond acceptors (Lipinski definition) is 4. The maximum absolute atomic E-state index is 10.5. The van der Waals surface area contributed by atoms with Crippen molar-refractivity contribution >= 4 is 0 Å². The molecule has 4 nitrogen and oxygen atoms in total. The number of benzene rings is 7. The molecule has 0 aliphatic carbocycles. The molecular weight excluding hydrogens is 609 g/mol. The minimum Gasteiger partial charge on any atom is -0.192 e. The summed E-state index contributed by atoms with van der Waals surface area (Å²) in [5.41, 5.74) is 12.7. The van der Waals surface area contributed by atoms with E-state index >= 15 is 0 Å². The average Bonchev–Trinajstić information content (AvgIpc) is 3.20. The van der Waals surface area contributed by atoms with Crippen molar-refractivity contribution in [1.29, 1.82) is 21.0 Å². The van der Waals surface area contributed by atoms with Crippen LogP contribution in [0.3, 0.4) is 0 Å². The van der Waals surface area contributed by atoms with Crippen molar-refractivity contribution < 1.29 is 0 Å². The van der Waals surface area contributed by atoms with E-state index in [4.69, 9.17) is 0 Å². The molecule has 0 aliphatic rings. The van der Waals surface area contributed by atoms with Gasteiger partial charge in [-0.3, -0.25) is 0 Å². The Morgan fingerprint density at radius 2 is 0.680 bits per heavy atom. The highest BCUT2D eigenvalue weighted by Gasteiger charge is 2.30. The van der Waals surface area contributed by atoms with E-state index < -0.39 is 0 Å². The summed E-state index contributed by atoms with van der Waals surface area (Å²) >= 11 is 0. The predicted octanol–water partition coefficient (Wildman–Crippen LogP) is 11.2. The fourth-order valence-corrected chi connectivity index (χ4v) is 6.64. The van der Waals surface area contributed by atoms with Crippen LogP contribution in [0.5, 0.6) is 0 Å². The lowest BCUT2D eigenvalue weighted by molar-refractivity contribution is 1.45. The van der Waals surface area contributed by atoms with Crippen molar-refractivity contribution in [2.75, 3.05) is 0 Å². The summed E-state index contributed by atoms with van der Waals surface area (Å²) in [6, 6.07) is 59.9. The first kappa shape index (κ1) is 31.1. The minimum absolute atomic E-state index is 0.512. The van der Waals surface area contributed by atoms with Gasteiger partial charge in [0, 0.05) is 5.56 Å². The average molecular weight is 635 g/mol. The third-order valence-electron chi connectivity index (χ3n) is 8.83. The maximum Gasteiger partial charge on any atom is 0.0998 e. The lowest BCUT2D eigenvalue weighted by atomic mass is 9.73. The lowest BCUT2D eigenvalue weighted by Gasteiger charge is -2.29. The van der Waals surface area contributed by atoms with Crippen LogP contribution in [0.25, 0.3) is 66.8 Å². The van der Waals surface area contributed by atoms with Gasteiger partial charge in [0.1, 0.15) is 0 Å². The Hall–Kier alpha value is -7.50. The summed E-state index contributed by atoms with van der Waals surface area (Å²) in [6.07, 6.45) is 0. The van der Waals surface area contributed by atoms with Gasteiger partial charge in [0.25, 0.3) is 0 Å². The molecule has 7 aromatic carbocycles. The summed E-state index contributed by atoms with van der Waals surface area (Å²) in [6.45, 7) is 0. The molecule has 0 heterocycles. The molecule has 0 saturated heterocycles. The van der Waals surface area contributed by atoms with E-state index in [2.05, 4.69) is 48.5 Å². The molecule has 0 fully saturated rings. The highest BCUT2D eigenvalue weighted by atomic mass is 14.3. The second-order valence-electron chi connectivity index (χ2n) is 11.7. The summed E-state index contributed by atoms with van der Waals surface area (Å²) in [4.78, 5) is 0. The van der Waals surface area contributed by atoms with Crippen molar-refractivity contribution in [3.05, 3.63) is 180 Å². The van der Waals surface area contributed by atoms with E-state index in [9.17, 15) is 21.0 Å². The monoisotopic (exact) mass is 634 g/mol. The third-order valence-corrected chi connectivity index (χ3v) is 8.83. The first-order valence-corrected chi connectivity index (χ1v) is 16.0. The van der Waals surface area contributed by atoms with Gasteiger partial charge in [-0.2, -0.15) is 21.0 Å². The van der Waals surface area contributed by atoms with Crippen LogP contribution in [0.1, 0.15) is 22.3 Å². The van der Waals surface area contributed by atoms with Gasteiger partial charge in [-0.15, -0.1) is 0 Å². The zero-order valence-electron chi connectivity index (χ0n) is 26.8. The molecule has 0 N–H and O–H groups in total. The van der Waals surface area contributed by atoms with Crippen molar-refractivity contribution in [2.24, 2.45) is 0 Å². The van der Waals surface area contributed by atoms with Crippen LogP contribution in [0.2, 0.25) is 0 Å². The summed E-state index contributed by atoms with van der Waals surface area (Å²) in [5, 5.41) is 40.1. The highest BCUT2D eigenvalue weighted by Crippen LogP contribution is 2.56. The molecule has 0 unspecified atom stereocenters.